The fraction of sp³-hybridized carbons (Fsp3) is 0.647. The first-order valence-corrected chi connectivity index (χ1v) is 9.76. The van der Waals surface area contributed by atoms with Gasteiger partial charge in [0, 0.05) is 12.3 Å². The number of rotatable bonds is 6. The Hall–Kier alpha value is -1.11. The predicted molar refractivity (Wildman–Crippen MR) is 93.6 cm³/mol. The lowest BCUT2D eigenvalue weighted by Crippen LogP contribution is -2.60. The second-order valence-corrected chi connectivity index (χ2v) is 9.41. The smallest absolute Gasteiger partial charge is 0.167 e. The van der Waals surface area contributed by atoms with Gasteiger partial charge in [0.1, 0.15) is 16.7 Å². The number of hydrogen-bond acceptors (Lipinski definition) is 5. The third-order valence-electron chi connectivity index (χ3n) is 4.36. The first-order valence-electron chi connectivity index (χ1n) is 8.05. The first kappa shape index (κ1) is 18.2. The molecular weight excluding hydrogens is 312 g/mol. The molecule has 0 fully saturated rings. The Morgan fingerprint density at radius 3 is 2.61 bits per heavy atom. The monoisotopic (exact) mass is 340 g/mol. The molecule has 0 saturated carbocycles. The summed E-state index contributed by atoms with van der Waals surface area (Å²) in [6.07, 6.45) is 0.756. The van der Waals surface area contributed by atoms with Gasteiger partial charge in [-0.05, 0) is 46.0 Å². The van der Waals surface area contributed by atoms with E-state index in [1.807, 2.05) is 57.1 Å². The van der Waals surface area contributed by atoms with Crippen molar-refractivity contribution >= 4 is 9.84 Å². The molecule has 1 aromatic rings. The zero-order valence-corrected chi connectivity index (χ0v) is 15.5. The molecule has 1 aliphatic rings. The van der Waals surface area contributed by atoms with Crippen LogP contribution in [0.25, 0.3) is 0 Å². The van der Waals surface area contributed by atoms with Gasteiger partial charge >= 0.3 is 0 Å². The second kappa shape index (κ2) is 6.79. The van der Waals surface area contributed by atoms with Gasteiger partial charge < -0.3 is 9.64 Å². The van der Waals surface area contributed by atoms with Crippen LogP contribution in [0.2, 0.25) is 0 Å². The third-order valence-corrected chi connectivity index (χ3v) is 6.32. The van der Waals surface area contributed by atoms with Gasteiger partial charge in [0.15, 0.2) is 9.84 Å². The van der Waals surface area contributed by atoms with Crippen LogP contribution in [0.5, 0.6) is 5.75 Å². The van der Waals surface area contributed by atoms with Crippen LogP contribution in [0.1, 0.15) is 26.3 Å². The number of para-hydroxylation sites is 1. The average Bonchev–Trinajstić information content (AvgIpc) is 2.46. The van der Waals surface area contributed by atoms with Gasteiger partial charge in [0.2, 0.25) is 0 Å². The van der Waals surface area contributed by atoms with Gasteiger partial charge in [-0.15, -0.1) is 0 Å². The molecule has 1 aliphatic heterocycles. The standard InChI is InChI=1S/C17H28N2O3S/c1-6-23(20,21)16(12-19(4)5)18-15-11-13-9-7-8-10-14(13)22-17(15,2)3/h7-10,15-16,18H,6,11-12H2,1-5H3. The normalized spacial score (nSPS) is 21.6. The lowest BCUT2D eigenvalue weighted by Gasteiger charge is -2.42. The minimum Gasteiger partial charge on any atom is -0.486 e. The van der Waals surface area contributed by atoms with Gasteiger partial charge in [-0.25, -0.2) is 8.42 Å². The van der Waals surface area contributed by atoms with Gasteiger partial charge in [-0.3, -0.25) is 5.32 Å². The summed E-state index contributed by atoms with van der Waals surface area (Å²) in [5, 5.41) is 2.76. The van der Waals surface area contributed by atoms with Crippen molar-refractivity contribution in [3.63, 3.8) is 0 Å². The number of nitrogens with zero attached hydrogens (tertiary/aromatic N) is 1. The molecule has 0 aliphatic carbocycles. The Labute approximate surface area is 139 Å². The molecule has 1 N–H and O–H groups in total. The minimum absolute atomic E-state index is 0.0660. The molecule has 2 atom stereocenters. The maximum atomic E-state index is 12.4. The molecule has 0 bridgehead atoms. The van der Waals surface area contributed by atoms with Crippen LogP contribution in [-0.4, -0.2) is 56.7 Å². The van der Waals surface area contributed by atoms with Crippen LogP contribution in [0.3, 0.4) is 0 Å². The lowest BCUT2D eigenvalue weighted by molar-refractivity contribution is 0.0458. The summed E-state index contributed by atoms with van der Waals surface area (Å²) in [6.45, 7) is 6.15. The van der Waals surface area contributed by atoms with Gasteiger partial charge in [-0.1, -0.05) is 25.1 Å². The molecule has 2 unspecified atom stereocenters. The summed E-state index contributed by atoms with van der Waals surface area (Å²) in [7, 11) is 0.583. The zero-order valence-electron chi connectivity index (χ0n) is 14.7. The van der Waals surface area contributed by atoms with Gasteiger partial charge in [-0.2, -0.15) is 0 Å². The second-order valence-electron chi connectivity index (χ2n) is 6.94. The largest absolute Gasteiger partial charge is 0.486 e. The number of sulfone groups is 1. The fourth-order valence-electron chi connectivity index (χ4n) is 2.88. The summed E-state index contributed by atoms with van der Waals surface area (Å²) >= 11 is 0. The number of nitrogens with one attached hydrogen (secondary N) is 1. The molecule has 2 rings (SSSR count). The van der Waals surface area contributed by atoms with Crippen molar-refractivity contribution in [2.45, 2.75) is 44.2 Å². The number of likely N-dealkylation sites (N-methyl/N-ethyl adjacent to an activating group) is 1. The number of hydrogen-bond donors (Lipinski definition) is 1. The summed E-state index contributed by atoms with van der Waals surface area (Å²) in [6, 6.07) is 7.88. The molecule has 130 valence electrons. The van der Waals surface area contributed by atoms with Crippen molar-refractivity contribution in [3.05, 3.63) is 29.8 Å². The molecule has 0 amide bonds. The molecule has 1 aromatic carbocycles. The maximum absolute atomic E-state index is 12.4. The highest BCUT2D eigenvalue weighted by Crippen LogP contribution is 2.33. The first-order chi connectivity index (χ1) is 10.7. The Bertz CT molecular complexity index is 641. The number of benzene rings is 1. The van der Waals surface area contributed by atoms with Crippen LogP contribution < -0.4 is 10.1 Å². The van der Waals surface area contributed by atoms with Crippen molar-refractivity contribution in [1.29, 1.82) is 0 Å². The molecule has 0 aromatic heterocycles. The highest BCUT2D eigenvalue weighted by atomic mass is 32.2. The van der Waals surface area contributed by atoms with Crippen molar-refractivity contribution in [1.82, 2.24) is 10.2 Å². The molecule has 1 heterocycles. The van der Waals surface area contributed by atoms with Crippen molar-refractivity contribution < 1.29 is 13.2 Å². The summed E-state index contributed by atoms with van der Waals surface area (Å²) in [5.41, 5.74) is 0.643. The van der Waals surface area contributed by atoms with Crippen molar-refractivity contribution in [3.8, 4) is 5.75 Å². The Morgan fingerprint density at radius 2 is 2.00 bits per heavy atom. The lowest BCUT2D eigenvalue weighted by atomic mass is 9.88. The molecule has 0 saturated heterocycles. The van der Waals surface area contributed by atoms with E-state index in [9.17, 15) is 8.42 Å². The van der Waals surface area contributed by atoms with Crippen LogP contribution in [0.15, 0.2) is 24.3 Å². The molecule has 23 heavy (non-hydrogen) atoms. The quantitative estimate of drug-likeness (QED) is 0.854. The van der Waals surface area contributed by atoms with E-state index < -0.39 is 20.8 Å². The summed E-state index contributed by atoms with van der Waals surface area (Å²) < 4.78 is 31.0. The summed E-state index contributed by atoms with van der Waals surface area (Å²) in [5.74, 6) is 1.02. The van der Waals surface area contributed by atoms with E-state index in [-0.39, 0.29) is 11.8 Å². The van der Waals surface area contributed by atoms with E-state index in [0.717, 1.165) is 17.7 Å². The number of fused-ring (bicyclic) bond motifs is 1. The third kappa shape index (κ3) is 4.25. The highest BCUT2D eigenvalue weighted by Gasteiger charge is 2.39. The van der Waals surface area contributed by atoms with Gasteiger partial charge in [0.25, 0.3) is 0 Å². The maximum Gasteiger partial charge on any atom is 0.167 e. The van der Waals surface area contributed by atoms with Gasteiger partial charge in [0.05, 0.1) is 6.04 Å². The van der Waals surface area contributed by atoms with E-state index in [1.165, 1.54) is 0 Å². The fourth-order valence-corrected chi connectivity index (χ4v) is 4.18. The van der Waals surface area contributed by atoms with Crippen LogP contribution in [-0.2, 0) is 16.3 Å². The van der Waals surface area contributed by atoms with Crippen LogP contribution >= 0.6 is 0 Å². The van der Waals surface area contributed by atoms with Crippen molar-refractivity contribution in [2.24, 2.45) is 0 Å². The zero-order chi connectivity index (χ0) is 17.3. The van der Waals surface area contributed by atoms with E-state index >= 15 is 0 Å². The average molecular weight is 340 g/mol. The Kier molecular flexibility index (Phi) is 5.38. The number of ether oxygens (including phenoxy) is 1. The van der Waals surface area contributed by atoms with Crippen molar-refractivity contribution in [2.75, 3.05) is 26.4 Å². The molecule has 0 spiro atoms. The molecular formula is C17H28N2O3S. The van der Waals surface area contributed by atoms with E-state index in [4.69, 9.17) is 4.74 Å². The Morgan fingerprint density at radius 1 is 1.35 bits per heavy atom. The SMILES string of the molecule is CCS(=O)(=O)C(CN(C)C)NC1Cc2ccccc2OC1(C)C. The van der Waals surface area contributed by atoms with Crippen LogP contribution in [0, 0.1) is 0 Å². The topological polar surface area (TPSA) is 58.6 Å². The molecule has 5 nitrogen and oxygen atoms in total. The summed E-state index contributed by atoms with van der Waals surface area (Å²) in [4.78, 5) is 1.90. The van der Waals surface area contributed by atoms with E-state index in [0.29, 0.717) is 6.54 Å². The van der Waals surface area contributed by atoms with E-state index in [2.05, 4.69) is 5.32 Å². The highest BCUT2D eigenvalue weighted by molar-refractivity contribution is 7.91. The molecule has 6 heteroatoms. The predicted octanol–water partition coefficient (Wildman–Crippen LogP) is 1.68. The Balaban J connectivity index is 2.25. The van der Waals surface area contributed by atoms with Crippen LogP contribution in [0.4, 0.5) is 0 Å². The molecule has 0 radical (unpaired) electrons. The minimum atomic E-state index is -3.19. The van der Waals surface area contributed by atoms with E-state index in [1.54, 1.807) is 6.92 Å².